The van der Waals surface area contributed by atoms with Crippen LogP contribution >= 0.6 is 0 Å². The van der Waals surface area contributed by atoms with Crippen molar-refractivity contribution in [3.63, 3.8) is 0 Å². The third kappa shape index (κ3) is 8.82. The smallest absolute Gasteiger partial charge is 0 e. The molecule has 0 unspecified atom stereocenters. The van der Waals surface area contributed by atoms with Gasteiger partial charge >= 0.3 is 0 Å². The Morgan fingerprint density at radius 2 is 2.17 bits per heavy atom. The molecule has 0 rings (SSSR count). The fourth-order valence-electron chi connectivity index (χ4n) is 0.129. The number of aliphatic hydroxyl groups is 1. The predicted molar refractivity (Wildman–Crippen MR) is 21.1 cm³/mol. The molecule has 0 aromatic heterocycles. The quantitative estimate of drug-likeness (QED) is 0.496. The average Bonchev–Trinajstić information content (AvgIpc) is 1.41. The van der Waals surface area contributed by atoms with Crippen LogP contribution in [0.1, 0.15) is 19.8 Å². The zero-order valence-corrected chi connectivity index (χ0v) is 5.41. The fourth-order valence-corrected chi connectivity index (χ4v) is 0.129. The van der Waals surface area contributed by atoms with Crippen molar-refractivity contribution in [2.45, 2.75) is 19.8 Å². The molecule has 0 saturated heterocycles. The zero-order valence-electron chi connectivity index (χ0n) is 3.77. The molecule has 0 aromatic rings. The van der Waals surface area contributed by atoms with E-state index in [0.29, 0.717) is 0 Å². The standard InChI is InChI=1S/C4H9O.Rh/c1-2-3-4-5;/h4-5H,2-3H2,1H3;/q-1;. The van der Waals surface area contributed by atoms with Crippen molar-refractivity contribution in [1.29, 1.82) is 0 Å². The van der Waals surface area contributed by atoms with Crippen LogP contribution in [-0.2, 0) is 19.5 Å². The van der Waals surface area contributed by atoms with E-state index < -0.39 is 0 Å². The molecule has 0 aliphatic carbocycles. The van der Waals surface area contributed by atoms with Crippen molar-refractivity contribution in [2.24, 2.45) is 0 Å². The Bertz CT molecular complexity index is 15.0. The topological polar surface area (TPSA) is 20.2 Å². The molecule has 0 heterocycles. The van der Waals surface area contributed by atoms with Crippen molar-refractivity contribution >= 4 is 0 Å². The van der Waals surface area contributed by atoms with Gasteiger partial charge in [-0.2, -0.15) is 6.42 Å². The normalized spacial score (nSPS) is 7.00. The van der Waals surface area contributed by atoms with Crippen LogP contribution in [0, 0.1) is 6.61 Å². The molecule has 0 saturated carbocycles. The molecular weight excluding hydrogens is 167 g/mol. The minimum Gasteiger partial charge on any atom is -0.566 e. The van der Waals surface area contributed by atoms with Gasteiger partial charge in [0.2, 0.25) is 0 Å². The first-order valence-corrected chi connectivity index (χ1v) is 1.87. The van der Waals surface area contributed by atoms with Crippen molar-refractivity contribution in [2.75, 3.05) is 0 Å². The molecule has 0 bridgehead atoms. The maximum absolute atomic E-state index is 7.94. The predicted octanol–water partition coefficient (Wildman–Crippen LogP) is 1.32. The molecule has 0 fully saturated rings. The summed E-state index contributed by atoms with van der Waals surface area (Å²) in [5.74, 6) is 0. The summed E-state index contributed by atoms with van der Waals surface area (Å²) in [6.45, 7) is 3.20. The summed E-state index contributed by atoms with van der Waals surface area (Å²) in [5, 5.41) is 7.94. The molecule has 0 aromatic carbocycles. The first-order chi connectivity index (χ1) is 2.41. The molecule has 0 spiro atoms. The van der Waals surface area contributed by atoms with E-state index >= 15 is 0 Å². The Kier molecular flexibility index (Phi) is 14.9. The number of unbranched alkanes of at least 4 members (excludes halogenated alkanes) is 1. The van der Waals surface area contributed by atoms with Gasteiger partial charge in [-0.1, -0.05) is 13.3 Å². The summed E-state index contributed by atoms with van der Waals surface area (Å²) >= 11 is 0. The molecule has 1 N–H and O–H groups in total. The minimum absolute atomic E-state index is 0. The van der Waals surface area contributed by atoms with E-state index in [-0.39, 0.29) is 19.5 Å². The molecule has 6 heavy (non-hydrogen) atoms. The minimum atomic E-state index is 0. The largest absolute Gasteiger partial charge is 0.566 e. The van der Waals surface area contributed by atoms with Crippen LogP contribution in [0.2, 0.25) is 0 Å². The molecule has 0 aliphatic heterocycles. The Labute approximate surface area is 51.5 Å². The summed E-state index contributed by atoms with van der Waals surface area (Å²) in [5.41, 5.74) is 0. The van der Waals surface area contributed by atoms with E-state index in [2.05, 4.69) is 0 Å². The van der Waals surface area contributed by atoms with Gasteiger partial charge in [0.25, 0.3) is 0 Å². The average molecular weight is 176 g/mol. The molecule has 1 radical (unpaired) electrons. The number of aliphatic hydroxyl groups excluding tert-OH is 1. The SMILES string of the molecule is CCC[CH-]O.[Rh]. The van der Waals surface area contributed by atoms with Crippen LogP contribution in [0.4, 0.5) is 0 Å². The van der Waals surface area contributed by atoms with Crippen LogP contribution in [0.3, 0.4) is 0 Å². The van der Waals surface area contributed by atoms with Crippen molar-refractivity contribution in [3.05, 3.63) is 6.61 Å². The van der Waals surface area contributed by atoms with E-state index in [9.17, 15) is 0 Å². The summed E-state index contributed by atoms with van der Waals surface area (Å²) in [6.07, 6.45) is 1.86. The Hall–Kier alpha value is 0.583. The summed E-state index contributed by atoms with van der Waals surface area (Å²) < 4.78 is 0. The van der Waals surface area contributed by atoms with E-state index in [4.69, 9.17) is 5.11 Å². The van der Waals surface area contributed by atoms with Gasteiger partial charge in [-0.15, -0.1) is 0 Å². The van der Waals surface area contributed by atoms with Gasteiger partial charge in [-0.05, 0) is 0 Å². The van der Waals surface area contributed by atoms with Gasteiger partial charge in [0.05, 0.1) is 0 Å². The number of hydrogen-bond acceptors (Lipinski definition) is 1. The second-order valence-electron chi connectivity index (χ2n) is 0.971. The molecule has 0 amide bonds. The van der Waals surface area contributed by atoms with Crippen molar-refractivity contribution in [1.82, 2.24) is 0 Å². The van der Waals surface area contributed by atoms with Gasteiger partial charge in [0.15, 0.2) is 0 Å². The van der Waals surface area contributed by atoms with Gasteiger partial charge in [-0.3, -0.25) is 0 Å². The molecule has 0 atom stereocenters. The maximum atomic E-state index is 7.94. The maximum Gasteiger partial charge on any atom is 0 e. The number of rotatable bonds is 2. The second kappa shape index (κ2) is 9.13. The van der Waals surface area contributed by atoms with Gasteiger partial charge in [-0.25, -0.2) is 6.61 Å². The summed E-state index contributed by atoms with van der Waals surface area (Å²) in [6, 6.07) is 0. The Morgan fingerprint density at radius 1 is 1.67 bits per heavy atom. The Balaban J connectivity index is 0. The summed E-state index contributed by atoms with van der Waals surface area (Å²) in [7, 11) is 0. The van der Waals surface area contributed by atoms with Gasteiger partial charge in [0.1, 0.15) is 0 Å². The molecule has 0 aliphatic rings. The van der Waals surface area contributed by atoms with Gasteiger partial charge in [0, 0.05) is 19.5 Å². The molecule has 2 heteroatoms. The van der Waals surface area contributed by atoms with Crippen LogP contribution in [0.15, 0.2) is 0 Å². The third-order valence-corrected chi connectivity index (χ3v) is 0.418. The van der Waals surface area contributed by atoms with Gasteiger partial charge < -0.3 is 5.11 Å². The molecular formula is C4H9ORh-. The first kappa shape index (κ1) is 9.77. The van der Waals surface area contributed by atoms with Crippen LogP contribution < -0.4 is 0 Å². The monoisotopic (exact) mass is 176 g/mol. The third-order valence-electron chi connectivity index (χ3n) is 0.418. The van der Waals surface area contributed by atoms with Crippen molar-refractivity contribution < 1.29 is 24.6 Å². The Morgan fingerprint density at radius 3 is 2.17 bits per heavy atom. The van der Waals surface area contributed by atoms with E-state index in [1.807, 2.05) is 6.92 Å². The first-order valence-electron chi connectivity index (χ1n) is 1.87. The van der Waals surface area contributed by atoms with Crippen molar-refractivity contribution in [3.8, 4) is 0 Å². The zero-order chi connectivity index (χ0) is 4.12. The second-order valence-corrected chi connectivity index (χ2v) is 0.971. The fraction of sp³-hybridized carbons (Fsp3) is 0.750. The molecule has 1 nitrogen and oxygen atoms in total. The number of hydrogen-bond donors (Lipinski definition) is 1. The van der Waals surface area contributed by atoms with Crippen LogP contribution in [0.25, 0.3) is 0 Å². The van der Waals surface area contributed by atoms with E-state index in [1.165, 1.54) is 6.61 Å². The van der Waals surface area contributed by atoms with E-state index in [1.54, 1.807) is 0 Å². The van der Waals surface area contributed by atoms with Crippen LogP contribution in [0.5, 0.6) is 0 Å². The molecule has 41 valence electrons. The summed E-state index contributed by atoms with van der Waals surface area (Å²) in [4.78, 5) is 0. The van der Waals surface area contributed by atoms with Crippen LogP contribution in [-0.4, -0.2) is 5.11 Å². The van der Waals surface area contributed by atoms with E-state index in [0.717, 1.165) is 12.8 Å².